The fourth-order valence-electron chi connectivity index (χ4n) is 3.90. The van der Waals surface area contributed by atoms with Crippen molar-refractivity contribution in [1.29, 1.82) is 0 Å². The summed E-state index contributed by atoms with van der Waals surface area (Å²) in [7, 11) is 0. The molecule has 0 aromatic carbocycles. The largest absolute Gasteiger partial charge is 0.480 e. The van der Waals surface area contributed by atoms with Gasteiger partial charge in [-0.2, -0.15) is 0 Å². The zero-order chi connectivity index (χ0) is 25.3. The molecule has 0 aromatic heterocycles. The van der Waals surface area contributed by atoms with Crippen molar-refractivity contribution in [3.05, 3.63) is 0 Å². The highest BCUT2D eigenvalue weighted by molar-refractivity contribution is 5.86. The molecule has 1 fully saturated rings. The third-order valence-corrected chi connectivity index (χ3v) is 6.18. The van der Waals surface area contributed by atoms with Gasteiger partial charge in [0.05, 0.1) is 0 Å². The SMILES string of the molecule is CC[C@@H](C)[C@H](NC(=O)OC(C)(C)C)C(=O)NCC1CCC(C(=O)N[C@@H](C(=O)O)C(C)C)CC1. The minimum atomic E-state index is -1.02. The highest BCUT2D eigenvalue weighted by atomic mass is 16.6. The summed E-state index contributed by atoms with van der Waals surface area (Å²) < 4.78 is 5.29. The molecule has 0 bridgehead atoms. The van der Waals surface area contributed by atoms with Crippen molar-refractivity contribution in [2.75, 3.05) is 6.54 Å². The van der Waals surface area contributed by atoms with Gasteiger partial charge in [-0.05, 0) is 64.2 Å². The van der Waals surface area contributed by atoms with Gasteiger partial charge < -0.3 is 25.8 Å². The van der Waals surface area contributed by atoms with Gasteiger partial charge >= 0.3 is 12.1 Å². The first-order valence-corrected chi connectivity index (χ1v) is 12.1. The van der Waals surface area contributed by atoms with Crippen LogP contribution in [0.4, 0.5) is 4.79 Å². The topological polar surface area (TPSA) is 134 Å². The number of carbonyl (C=O) groups is 4. The second-order valence-electron chi connectivity index (χ2n) is 10.5. The third-order valence-electron chi connectivity index (χ3n) is 6.18. The summed E-state index contributed by atoms with van der Waals surface area (Å²) in [5.41, 5.74) is -0.648. The first kappa shape index (κ1) is 28.7. The maximum atomic E-state index is 12.8. The van der Waals surface area contributed by atoms with Crippen LogP contribution < -0.4 is 16.0 Å². The molecule has 1 aliphatic rings. The van der Waals surface area contributed by atoms with E-state index in [2.05, 4.69) is 16.0 Å². The van der Waals surface area contributed by atoms with Crippen molar-refractivity contribution in [2.24, 2.45) is 23.7 Å². The molecule has 4 N–H and O–H groups in total. The van der Waals surface area contributed by atoms with Crippen LogP contribution in [0.3, 0.4) is 0 Å². The second-order valence-corrected chi connectivity index (χ2v) is 10.5. The Kier molecular flexibility index (Phi) is 11.1. The third kappa shape index (κ3) is 10.0. The van der Waals surface area contributed by atoms with Gasteiger partial charge in [0.15, 0.2) is 0 Å². The van der Waals surface area contributed by atoms with Gasteiger partial charge in [-0.25, -0.2) is 9.59 Å². The monoisotopic (exact) mass is 469 g/mol. The van der Waals surface area contributed by atoms with E-state index in [9.17, 15) is 24.3 Å². The van der Waals surface area contributed by atoms with Gasteiger partial charge in [0.25, 0.3) is 0 Å². The molecule has 0 aromatic rings. The fraction of sp³-hybridized carbons (Fsp3) is 0.833. The zero-order valence-corrected chi connectivity index (χ0v) is 21.2. The number of carbonyl (C=O) groups excluding carboxylic acids is 3. The van der Waals surface area contributed by atoms with E-state index < -0.39 is 29.7 Å². The van der Waals surface area contributed by atoms with Crippen molar-refractivity contribution in [3.8, 4) is 0 Å². The molecule has 1 saturated carbocycles. The highest BCUT2D eigenvalue weighted by Gasteiger charge is 2.32. The number of ether oxygens (including phenoxy) is 1. The summed E-state index contributed by atoms with van der Waals surface area (Å²) in [6, 6.07) is -1.57. The highest BCUT2D eigenvalue weighted by Crippen LogP contribution is 2.29. The lowest BCUT2D eigenvalue weighted by atomic mass is 9.81. The average Bonchev–Trinajstić information content (AvgIpc) is 2.72. The van der Waals surface area contributed by atoms with Crippen molar-refractivity contribution < 1.29 is 29.0 Å². The van der Waals surface area contributed by atoms with E-state index in [4.69, 9.17) is 4.74 Å². The zero-order valence-electron chi connectivity index (χ0n) is 21.2. The first-order valence-electron chi connectivity index (χ1n) is 12.1. The van der Waals surface area contributed by atoms with E-state index in [-0.39, 0.29) is 35.5 Å². The molecule has 1 aliphatic carbocycles. The van der Waals surface area contributed by atoms with Gasteiger partial charge in [-0.1, -0.05) is 34.1 Å². The molecule has 190 valence electrons. The minimum absolute atomic E-state index is 0.0555. The molecule has 0 radical (unpaired) electrons. The van der Waals surface area contributed by atoms with E-state index in [0.29, 0.717) is 19.4 Å². The fourth-order valence-corrected chi connectivity index (χ4v) is 3.90. The van der Waals surface area contributed by atoms with Crippen LogP contribution in [-0.4, -0.2) is 53.2 Å². The Morgan fingerprint density at radius 3 is 2.00 bits per heavy atom. The maximum absolute atomic E-state index is 12.8. The van der Waals surface area contributed by atoms with Crippen molar-refractivity contribution in [3.63, 3.8) is 0 Å². The summed E-state index contributed by atoms with van der Waals surface area (Å²) >= 11 is 0. The lowest BCUT2D eigenvalue weighted by Gasteiger charge is -2.30. The van der Waals surface area contributed by atoms with Crippen molar-refractivity contribution in [2.45, 2.75) is 98.3 Å². The molecule has 9 heteroatoms. The molecule has 1 rings (SSSR count). The Bertz CT molecular complexity index is 680. The van der Waals surface area contributed by atoms with Gasteiger partial charge in [0, 0.05) is 12.5 Å². The quantitative estimate of drug-likeness (QED) is 0.388. The van der Waals surface area contributed by atoms with Crippen LogP contribution in [-0.2, 0) is 19.1 Å². The van der Waals surface area contributed by atoms with E-state index in [1.807, 2.05) is 13.8 Å². The molecule has 3 atom stereocenters. The van der Waals surface area contributed by atoms with E-state index in [1.54, 1.807) is 34.6 Å². The molecule has 9 nitrogen and oxygen atoms in total. The average molecular weight is 470 g/mol. The van der Waals surface area contributed by atoms with Gasteiger partial charge in [0.2, 0.25) is 11.8 Å². The molecule has 0 aliphatic heterocycles. The van der Waals surface area contributed by atoms with Crippen LogP contribution in [0.1, 0.15) is 80.6 Å². The number of rotatable bonds is 10. The summed E-state index contributed by atoms with van der Waals surface area (Å²) in [5, 5.41) is 17.6. The van der Waals surface area contributed by atoms with Crippen LogP contribution in [0.2, 0.25) is 0 Å². The summed E-state index contributed by atoms with van der Waals surface area (Å²) in [6.07, 6.45) is 2.96. The number of aliphatic carboxylic acids is 1. The standard InChI is InChI=1S/C24H43N3O6/c1-8-15(4)19(27-23(32)33-24(5,6)7)21(29)25-13-16-9-11-17(12-10-16)20(28)26-18(14(2)3)22(30)31/h14-19H,8-13H2,1-7H3,(H,25,29)(H,26,28)(H,27,32)(H,30,31)/t15-,16?,17?,18-,19+/m1/s1. The Labute approximate surface area is 197 Å². The molecule has 0 saturated heterocycles. The molecule has 33 heavy (non-hydrogen) atoms. The normalized spacial score (nSPS) is 21.5. The van der Waals surface area contributed by atoms with E-state index in [0.717, 1.165) is 19.3 Å². The number of hydrogen-bond donors (Lipinski definition) is 4. The molecular formula is C24H43N3O6. The summed E-state index contributed by atoms with van der Waals surface area (Å²) in [4.78, 5) is 48.8. The van der Waals surface area contributed by atoms with E-state index in [1.165, 1.54) is 0 Å². The van der Waals surface area contributed by atoms with Crippen LogP contribution in [0.25, 0.3) is 0 Å². The molecule has 0 spiro atoms. The van der Waals surface area contributed by atoms with Gasteiger partial charge in [0.1, 0.15) is 17.7 Å². The summed E-state index contributed by atoms with van der Waals surface area (Å²) in [5.74, 6) is -1.69. The minimum Gasteiger partial charge on any atom is -0.480 e. The molecule has 0 unspecified atom stereocenters. The number of nitrogens with one attached hydrogen (secondary N) is 3. The Morgan fingerprint density at radius 2 is 1.55 bits per heavy atom. The lowest BCUT2D eigenvalue weighted by Crippen LogP contribution is -2.52. The van der Waals surface area contributed by atoms with Gasteiger partial charge in [-0.3, -0.25) is 9.59 Å². The Hall–Kier alpha value is -2.32. The predicted molar refractivity (Wildman–Crippen MR) is 125 cm³/mol. The van der Waals surface area contributed by atoms with E-state index >= 15 is 0 Å². The smallest absolute Gasteiger partial charge is 0.408 e. The van der Waals surface area contributed by atoms with Crippen LogP contribution in [0, 0.1) is 23.7 Å². The molecule has 0 heterocycles. The van der Waals surface area contributed by atoms with Crippen LogP contribution in [0.15, 0.2) is 0 Å². The van der Waals surface area contributed by atoms with Crippen molar-refractivity contribution in [1.82, 2.24) is 16.0 Å². The molecule has 3 amide bonds. The second kappa shape index (κ2) is 12.8. The number of hydrogen-bond acceptors (Lipinski definition) is 5. The maximum Gasteiger partial charge on any atom is 0.408 e. The van der Waals surface area contributed by atoms with Crippen LogP contribution >= 0.6 is 0 Å². The van der Waals surface area contributed by atoms with Crippen LogP contribution in [0.5, 0.6) is 0 Å². The Balaban J connectivity index is 2.55. The number of amides is 3. The molecular weight excluding hydrogens is 426 g/mol. The summed E-state index contributed by atoms with van der Waals surface area (Å²) in [6.45, 7) is 13.2. The number of carboxylic acids is 1. The van der Waals surface area contributed by atoms with Crippen molar-refractivity contribution >= 4 is 23.9 Å². The Morgan fingerprint density at radius 1 is 0.970 bits per heavy atom. The lowest BCUT2D eigenvalue weighted by molar-refractivity contribution is -0.144. The number of carboxylic acid groups (broad SMARTS) is 1. The van der Waals surface area contributed by atoms with Gasteiger partial charge in [-0.15, -0.1) is 0 Å². The number of alkyl carbamates (subject to hydrolysis) is 1. The predicted octanol–water partition coefficient (Wildman–Crippen LogP) is 3.07. The first-order chi connectivity index (χ1) is 15.2.